The summed E-state index contributed by atoms with van der Waals surface area (Å²) < 4.78 is 1.64. The van der Waals surface area contributed by atoms with Crippen molar-refractivity contribution in [3.05, 3.63) is 33.7 Å². The molecule has 0 unspecified atom stereocenters. The van der Waals surface area contributed by atoms with E-state index in [9.17, 15) is 4.79 Å². The van der Waals surface area contributed by atoms with Crippen molar-refractivity contribution in [2.45, 2.75) is 6.42 Å². The summed E-state index contributed by atoms with van der Waals surface area (Å²) in [5.74, 6) is -0.0343. The molecule has 3 aromatic heterocycles. The lowest BCUT2D eigenvalue weighted by Gasteiger charge is -2.00. The number of carbonyl (C=O) groups excluding carboxylic acids is 1. The number of aromatic nitrogens is 4. The van der Waals surface area contributed by atoms with Crippen molar-refractivity contribution in [1.82, 2.24) is 25.1 Å². The monoisotopic (exact) mass is 279 g/mol. The molecule has 0 bridgehead atoms. The van der Waals surface area contributed by atoms with Gasteiger partial charge >= 0.3 is 0 Å². The van der Waals surface area contributed by atoms with Crippen LogP contribution >= 0.6 is 22.7 Å². The molecule has 1 amide bonds. The van der Waals surface area contributed by atoms with Gasteiger partial charge in [0.2, 0.25) is 4.96 Å². The van der Waals surface area contributed by atoms with Gasteiger partial charge in [0.05, 0.1) is 4.88 Å². The van der Waals surface area contributed by atoms with E-state index in [4.69, 9.17) is 0 Å². The van der Waals surface area contributed by atoms with Crippen molar-refractivity contribution in [1.29, 1.82) is 0 Å². The van der Waals surface area contributed by atoms with Gasteiger partial charge in [0.25, 0.3) is 5.91 Å². The minimum absolute atomic E-state index is 0.0343. The summed E-state index contributed by atoms with van der Waals surface area (Å²) >= 11 is 2.92. The molecular formula is C10H9N5OS2. The fourth-order valence-electron chi connectivity index (χ4n) is 1.48. The molecule has 0 aliphatic heterocycles. The number of thiophene rings is 1. The number of hydrogen-bond donors (Lipinski definition) is 1. The van der Waals surface area contributed by atoms with E-state index in [2.05, 4.69) is 20.6 Å². The summed E-state index contributed by atoms with van der Waals surface area (Å²) in [7, 11) is 0. The minimum atomic E-state index is -0.0343. The highest BCUT2D eigenvalue weighted by molar-refractivity contribution is 7.16. The summed E-state index contributed by atoms with van der Waals surface area (Å²) in [4.78, 5) is 13.2. The van der Waals surface area contributed by atoms with Crippen molar-refractivity contribution in [2.24, 2.45) is 0 Å². The predicted octanol–water partition coefficient (Wildman–Crippen LogP) is 1.22. The molecule has 0 aliphatic carbocycles. The first-order valence-electron chi connectivity index (χ1n) is 5.30. The number of fused-ring (bicyclic) bond motifs is 1. The predicted molar refractivity (Wildman–Crippen MR) is 69.0 cm³/mol. The Morgan fingerprint density at radius 2 is 2.44 bits per heavy atom. The third-order valence-corrected chi connectivity index (χ3v) is 4.14. The highest BCUT2D eigenvalue weighted by Gasteiger charge is 2.08. The first-order chi connectivity index (χ1) is 8.83. The van der Waals surface area contributed by atoms with E-state index in [1.807, 2.05) is 17.5 Å². The number of nitrogens with zero attached hydrogens (tertiary/aromatic N) is 4. The Balaban J connectivity index is 1.56. The van der Waals surface area contributed by atoms with Gasteiger partial charge in [-0.2, -0.15) is 9.61 Å². The fourth-order valence-corrected chi connectivity index (χ4v) is 2.93. The van der Waals surface area contributed by atoms with Crippen LogP contribution in [0.3, 0.4) is 0 Å². The van der Waals surface area contributed by atoms with Gasteiger partial charge in [-0.1, -0.05) is 17.4 Å². The molecule has 0 radical (unpaired) electrons. The lowest BCUT2D eigenvalue weighted by Crippen LogP contribution is -2.24. The highest BCUT2D eigenvalue weighted by Crippen LogP contribution is 2.12. The standard InChI is InChI=1S/C10H9N5OS2/c16-9(7-2-1-5-17-7)11-4-3-8-14-15-6-12-13-10(15)18-8/h1-2,5-6H,3-4H2,(H,11,16). The van der Waals surface area contributed by atoms with Crippen molar-refractivity contribution in [3.8, 4) is 0 Å². The average molecular weight is 279 g/mol. The molecular weight excluding hydrogens is 270 g/mol. The van der Waals surface area contributed by atoms with Crippen molar-refractivity contribution < 1.29 is 4.79 Å². The van der Waals surface area contributed by atoms with E-state index < -0.39 is 0 Å². The summed E-state index contributed by atoms with van der Waals surface area (Å²) in [6, 6.07) is 3.67. The first kappa shape index (κ1) is 11.3. The topological polar surface area (TPSA) is 72.2 Å². The molecule has 92 valence electrons. The molecule has 8 heteroatoms. The van der Waals surface area contributed by atoms with Crippen LogP contribution in [-0.4, -0.2) is 32.3 Å². The molecule has 0 saturated carbocycles. The van der Waals surface area contributed by atoms with Gasteiger partial charge < -0.3 is 5.32 Å². The third kappa shape index (κ3) is 2.24. The second-order valence-corrected chi connectivity index (χ2v) is 5.53. The summed E-state index contributed by atoms with van der Waals surface area (Å²) in [6.07, 6.45) is 2.27. The molecule has 18 heavy (non-hydrogen) atoms. The van der Waals surface area contributed by atoms with Crippen LogP contribution in [0.15, 0.2) is 23.8 Å². The SMILES string of the molecule is O=C(NCCc1nn2cnnc2s1)c1cccs1. The molecule has 6 nitrogen and oxygen atoms in total. The van der Waals surface area contributed by atoms with E-state index >= 15 is 0 Å². The number of rotatable bonds is 4. The Hall–Kier alpha value is -1.80. The van der Waals surface area contributed by atoms with Crippen LogP contribution in [0.25, 0.3) is 4.96 Å². The Bertz CT molecular complexity index is 628. The Morgan fingerprint density at radius 3 is 3.22 bits per heavy atom. The van der Waals surface area contributed by atoms with E-state index in [-0.39, 0.29) is 5.91 Å². The normalized spacial score (nSPS) is 10.9. The second-order valence-electron chi connectivity index (χ2n) is 3.54. The fraction of sp³-hybridized carbons (Fsp3) is 0.200. The Kier molecular flexibility index (Phi) is 3.03. The molecule has 0 atom stereocenters. The van der Waals surface area contributed by atoms with Crippen LogP contribution < -0.4 is 5.32 Å². The summed E-state index contributed by atoms with van der Waals surface area (Å²) in [5, 5.41) is 17.6. The van der Waals surface area contributed by atoms with E-state index in [1.165, 1.54) is 22.7 Å². The number of carbonyl (C=O) groups is 1. The Labute approximate surface area is 110 Å². The van der Waals surface area contributed by atoms with E-state index in [0.717, 1.165) is 14.8 Å². The van der Waals surface area contributed by atoms with Crippen LogP contribution in [0.2, 0.25) is 0 Å². The van der Waals surface area contributed by atoms with Crippen molar-refractivity contribution >= 4 is 33.5 Å². The van der Waals surface area contributed by atoms with Crippen molar-refractivity contribution in [3.63, 3.8) is 0 Å². The lowest BCUT2D eigenvalue weighted by atomic mass is 10.4. The number of hydrogen-bond acceptors (Lipinski definition) is 6. The molecule has 0 aromatic carbocycles. The number of nitrogens with one attached hydrogen (secondary N) is 1. The largest absolute Gasteiger partial charge is 0.351 e. The van der Waals surface area contributed by atoms with Crippen LogP contribution in [0, 0.1) is 0 Å². The molecule has 0 saturated heterocycles. The molecule has 3 aromatic rings. The molecule has 1 N–H and O–H groups in total. The van der Waals surface area contributed by atoms with Crippen LogP contribution in [0.5, 0.6) is 0 Å². The zero-order chi connectivity index (χ0) is 12.4. The minimum Gasteiger partial charge on any atom is -0.351 e. The maximum Gasteiger partial charge on any atom is 0.261 e. The van der Waals surface area contributed by atoms with Gasteiger partial charge in [-0.3, -0.25) is 4.79 Å². The maximum atomic E-state index is 11.7. The highest BCUT2D eigenvalue weighted by atomic mass is 32.1. The zero-order valence-electron chi connectivity index (χ0n) is 9.24. The summed E-state index contributed by atoms with van der Waals surface area (Å²) in [5.41, 5.74) is 0. The van der Waals surface area contributed by atoms with Gasteiger partial charge in [0.15, 0.2) is 0 Å². The smallest absolute Gasteiger partial charge is 0.261 e. The van der Waals surface area contributed by atoms with Gasteiger partial charge in [-0.15, -0.1) is 21.5 Å². The van der Waals surface area contributed by atoms with Crippen LogP contribution in [0.4, 0.5) is 0 Å². The third-order valence-electron chi connectivity index (χ3n) is 2.30. The summed E-state index contributed by atoms with van der Waals surface area (Å²) in [6.45, 7) is 0.570. The first-order valence-corrected chi connectivity index (χ1v) is 7.00. The van der Waals surface area contributed by atoms with E-state index in [1.54, 1.807) is 10.8 Å². The number of amides is 1. The quantitative estimate of drug-likeness (QED) is 0.779. The zero-order valence-corrected chi connectivity index (χ0v) is 10.9. The average Bonchev–Trinajstić information content (AvgIpc) is 3.05. The van der Waals surface area contributed by atoms with Gasteiger partial charge in [-0.05, 0) is 11.4 Å². The molecule has 0 aliphatic rings. The lowest BCUT2D eigenvalue weighted by molar-refractivity contribution is 0.0958. The van der Waals surface area contributed by atoms with Gasteiger partial charge in [0.1, 0.15) is 11.3 Å². The molecule has 3 rings (SSSR count). The van der Waals surface area contributed by atoms with E-state index in [0.29, 0.717) is 13.0 Å². The van der Waals surface area contributed by atoms with Crippen LogP contribution in [-0.2, 0) is 6.42 Å². The second kappa shape index (κ2) is 4.83. The molecule has 0 fully saturated rings. The Morgan fingerprint density at radius 1 is 1.50 bits per heavy atom. The van der Waals surface area contributed by atoms with Gasteiger partial charge in [-0.25, -0.2) is 0 Å². The van der Waals surface area contributed by atoms with Crippen molar-refractivity contribution in [2.75, 3.05) is 6.54 Å². The maximum absolute atomic E-state index is 11.7. The molecule has 0 spiro atoms. The van der Waals surface area contributed by atoms with Crippen LogP contribution in [0.1, 0.15) is 14.7 Å². The molecule has 3 heterocycles. The van der Waals surface area contributed by atoms with Gasteiger partial charge in [0, 0.05) is 13.0 Å².